The molecule has 1 aromatic carbocycles. The fourth-order valence-corrected chi connectivity index (χ4v) is 1.95. The Labute approximate surface area is 175 Å². The van der Waals surface area contributed by atoms with E-state index in [0.29, 0.717) is 39.6 Å². The average molecular weight is 458 g/mol. The Bertz CT molecular complexity index is 674. The predicted molar refractivity (Wildman–Crippen MR) is 95.9 cm³/mol. The van der Waals surface area contributed by atoms with E-state index in [1.165, 1.54) is 6.26 Å². The van der Waals surface area contributed by atoms with Gasteiger partial charge in [0.1, 0.15) is 6.61 Å². The van der Waals surface area contributed by atoms with Gasteiger partial charge in [0, 0.05) is 0 Å². The van der Waals surface area contributed by atoms with Crippen LogP contribution in [0.5, 0.6) is 5.75 Å². The van der Waals surface area contributed by atoms with Crippen molar-refractivity contribution in [2.24, 2.45) is 0 Å². The molecule has 0 fully saturated rings. The number of halogens is 5. The van der Waals surface area contributed by atoms with Gasteiger partial charge >= 0.3 is 5.97 Å². The van der Waals surface area contributed by atoms with Gasteiger partial charge in [0.05, 0.1) is 65.5 Å². The lowest BCUT2D eigenvalue weighted by Gasteiger charge is -2.09. The topological polar surface area (TPSA) is 72.5 Å². The number of hydrogen-bond donors (Lipinski definition) is 0. The molecule has 0 aliphatic carbocycles. The first kappa shape index (κ1) is 26.8. The molecule has 0 aromatic heterocycles. The van der Waals surface area contributed by atoms with Gasteiger partial charge in [-0.15, -0.1) is 0 Å². The van der Waals surface area contributed by atoms with E-state index in [9.17, 15) is 26.7 Å². The summed E-state index contributed by atoms with van der Waals surface area (Å²) >= 11 is 0. The van der Waals surface area contributed by atoms with Crippen molar-refractivity contribution in [2.75, 3.05) is 59.5 Å². The standard InChI is InChI=1S/C19H23F5O7/c1-2-26-5-6-28-9-10-30-12-11-29-8-7-27-4-3-13(25)31-19-17(23)15(21)14(20)16(22)18(19)24/h2H,1,3-12H2. The molecule has 0 radical (unpaired) electrons. The number of carbonyl (C=O) groups excluding carboxylic acids is 1. The van der Waals surface area contributed by atoms with Crippen molar-refractivity contribution in [3.8, 4) is 5.75 Å². The number of rotatable bonds is 17. The molecule has 0 aliphatic rings. The van der Waals surface area contributed by atoms with E-state index in [2.05, 4.69) is 11.3 Å². The highest BCUT2D eigenvalue weighted by Crippen LogP contribution is 2.29. The first-order valence-corrected chi connectivity index (χ1v) is 9.15. The van der Waals surface area contributed by atoms with Crippen LogP contribution in [0.3, 0.4) is 0 Å². The van der Waals surface area contributed by atoms with Gasteiger partial charge in [-0.25, -0.2) is 13.2 Å². The van der Waals surface area contributed by atoms with Crippen molar-refractivity contribution < 1.29 is 55.2 Å². The van der Waals surface area contributed by atoms with Gasteiger partial charge in [0.15, 0.2) is 0 Å². The molecular formula is C19H23F5O7. The van der Waals surface area contributed by atoms with Crippen LogP contribution in [0.15, 0.2) is 12.8 Å². The zero-order chi connectivity index (χ0) is 23.1. The molecule has 0 atom stereocenters. The summed E-state index contributed by atoms with van der Waals surface area (Å²) in [6.45, 7) is 5.74. The minimum absolute atomic E-state index is 0.0994. The summed E-state index contributed by atoms with van der Waals surface area (Å²) < 4.78 is 95.6. The van der Waals surface area contributed by atoms with Gasteiger partial charge in [0.2, 0.25) is 34.8 Å². The maximum atomic E-state index is 13.4. The highest BCUT2D eigenvalue weighted by molar-refractivity contribution is 5.72. The summed E-state index contributed by atoms with van der Waals surface area (Å²) in [7, 11) is 0. The third kappa shape index (κ3) is 10.0. The summed E-state index contributed by atoms with van der Waals surface area (Å²) in [5.74, 6) is -14.1. The zero-order valence-corrected chi connectivity index (χ0v) is 16.6. The molecule has 0 saturated carbocycles. The lowest BCUT2D eigenvalue weighted by molar-refractivity contribution is -0.136. The van der Waals surface area contributed by atoms with Crippen molar-refractivity contribution in [1.82, 2.24) is 0 Å². The Morgan fingerprint density at radius 3 is 1.48 bits per heavy atom. The molecule has 0 unspecified atom stereocenters. The maximum Gasteiger partial charge on any atom is 0.313 e. The van der Waals surface area contributed by atoms with Gasteiger partial charge in [-0.2, -0.15) is 8.78 Å². The second-order valence-electron chi connectivity index (χ2n) is 5.61. The van der Waals surface area contributed by atoms with Gasteiger partial charge in [-0.1, -0.05) is 6.58 Å². The van der Waals surface area contributed by atoms with E-state index in [4.69, 9.17) is 23.7 Å². The van der Waals surface area contributed by atoms with E-state index in [-0.39, 0.29) is 19.8 Å². The quantitative estimate of drug-likeness (QED) is 0.0676. The highest BCUT2D eigenvalue weighted by atomic mass is 19.2. The Morgan fingerprint density at radius 1 is 0.645 bits per heavy atom. The first-order valence-electron chi connectivity index (χ1n) is 9.15. The number of esters is 1. The smallest absolute Gasteiger partial charge is 0.313 e. The summed E-state index contributed by atoms with van der Waals surface area (Å²) in [6.07, 6.45) is 0.855. The van der Waals surface area contributed by atoms with Gasteiger partial charge in [0.25, 0.3) is 0 Å². The van der Waals surface area contributed by atoms with Crippen LogP contribution in [0.2, 0.25) is 0 Å². The molecule has 0 saturated heterocycles. The van der Waals surface area contributed by atoms with E-state index < -0.39 is 47.2 Å². The third-order valence-electron chi connectivity index (χ3n) is 3.42. The summed E-state index contributed by atoms with van der Waals surface area (Å²) in [6, 6.07) is 0. The Hall–Kier alpha value is -2.28. The zero-order valence-electron chi connectivity index (χ0n) is 16.6. The van der Waals surface area contributed by atoms with E-state index >= 15 is 0 Å². The van der Waals surface area contributed by atoms with Crippen LogP contribution >= 0.6 is 0 Å². The molecular weight excluding hydrogens is 435 g/mol. The van der Waals surface area contributed by atoms with Gasteiger partial charge in [-0.05, 0) is 0 Å². The predicted octanol–water partition coefficient (Wildman–Crippen LogP) is 2.90. The molecule has 12 heteroatoms. The molecule has 31 heavy (non-hydrogen) atoms. The third-order valence-corrected chi connectivity index (χ3v) is 3.42. The van der Waals surface area contributed by atoms with Crippen LogP contribution in [0.1, 0.15) is 6.42 Å². The van der Waals surface area contributed by atoms with Gasteiger partial charge in [-0.3, -0.25) is 4.79 Å². The van der Waals surface area contributed by atoms with Crippen molar-refractivity contribution in [3.63, 3.8) is 0 Å². The number of ether oxygens (including phenoxy) is 6. The molecule has 0 bridgehead atoms. The van der Waals surface area contributed by atoms with Crippen molar-refractivity contribution in [1.29, 1.82) is 0 Å². The van der Waals surface area contributed by atoms with E-state index in [1.807, 2.05) is 0 Å². The monoisotopic (exact) mass is 458 g/mol. The second kappa shape index (κ2) is 15.5. The summed E-state index contributed by atoms with van der Waals surface area (Å²) in [4.78, 5) is 11.5. The molecule has 1 aromatic rings. The van der Waals surface area contributed by atoms with Crippen molar-refractivity contribution >= 4 is 5.97 Å². The van der Waals surface area contributed by atoms with Crippen LogP contribution in [-0.2, 0) is 28.5 Å². The molecule has 0 aliphatic heterocycles. The normalized spacial score (nSPS) is 10.9. The molecule has 0 N–H and O–H groups in total. The minimum Gasteiger partial charge on any atom is -0.499 e. The van der Waals surface area contributed by atoms with Crippen LogP contribution in [0.25, 0.3) is 0 Å². The van der Waals surface area contributed by atoms with Crippen LogP contribution in [0, 0.1) is 29.1 Å². The number of benzene rings is 1. The van der Waals surface area contributed by atoms with Crippen LogP contribution < -0.4 is 4.74 Å². The lowest BCUT2D eigenvalue weighted by Crippen LogP contribution is -2.16. The highest BCUT2D eigenvalue weighted by Gasteiger charge is 2.28. The van der Waals surface area contributed by atoms with Crippen molar-refractivity contribution in [2.45, 2.75) is 6.42 Å². The Balaban J connectivity index is 2.05. The summed E-state index contributed by atoms with van der Waals surface area (Å²) in [5, 5.41) is 0. The van der Waals surface area contributed by atoms with Crippen LogP contribution in [0.4, 0.5) is 22.0 Å². The lowest BCUT2D eigenvalue weighted by atomic mass is 10.2. The maximum absolute atomic E-state index is 13.4. The Kier molecular flexibility index (Phi) is 13.4. The average Bonchev–Trinajstić information content (AvgIpc) is 2.76. The van der Waals surface area contributed by atoms with Crippen molar-refractivity contribution in [3.05, 3.63) is 41.9 Å². The fourth-order valence-electron chi connectivity index (χ4n) is 1.95. The fraction of sp³-hybridized carbons (Fsp3) is 0.526. The summed E-state index contributed by atoms with van der Waals surface area (Å²) in [5.41, 5.74) is 0. The van der Waals surface area contributed by atoms with Crippen LogP contribution in [-0.4, -0.2) is 65.4 Å². The number of carbonyl (C=O) groups is 1. The first-order chi connectivity index (χ1) is 14.9. The van der Waals surface area contributed by atoms with Gasteiger partial charge < -0.3 is 28.4 Å². The molecule has 7 nitrogen and oxygen atoms in total. The number of hydrogen-bond acceptors (Lipinski definition) is 7. The molecule has 0 amide bonds. The molecule has 1 rings (SSSR count). The SMILES string of the molecule is C=COCCOCCOCCOCCOCCC(=O)Oc1c(F)c(F)c(F)c(F)c1F. The molecule has 0 spiro atoms. The second-order valence-corrected chi connectivity index (χ2v) is 5.61. The molecule has 176 valence electrons. The minimum atomic E-state index is -2.34. The Morgan fingerprint density at radius 2 is 1.03 bits per heavy atom. The van der Waals surface area contributed by atoms with E-state index in [1.54, 1.807) is 0 Å². The largest absolute Gasteiger partial charge is 0.499 e. The molecule has 0 heterocycles. The van der Waals surface area contributed by atoms with E-state index in [0.717, 1.165) is 0 Å².